The number of oxazole rings is 1. The second-order valence-corrected chi connectivity index (χ2v) is 4.68. The summed E-state index contributed by atoms with van der Waals surface area (Å²) < 4.78 is 19.5. The Morgan fingerprint density at radius 3 is 2.67 bits per heavy atom. The molecule has 102 valence electrons. The van der Waals surface area contributed by atoms with Crippen LogP contribution >= 0.6 is 0 Å². The lowest BCUT2D eigenvalue weighted by molar-refractivity contribution is 0.595. The first kappa shape index (κ1) is 11.8. The highest BCUT2D eigenvalue weighted by Gasteiger charge is 2.16. The van der Waals surface area contributed by atoms with Crippen LogP contribution in [-0.2, 0) is 0 Å². The van der Waals surface area contributed by atoms with Crippen molar-refractivity contribution in [1.82, 2.24) is 9.97 Å². The Bertz CT molecular complexity index is 1030. The predicted octanol–water partition coefficient (Wildman–Crippen LogP) is 3.48. The van der Waals surface area contributed by atoms with E-state index in [1.807, 2.05) is 18.2 Å². The lowest BCUT2D eigenvalue weighted by atomic mass is 10.2. The van der Waals surface area contributed by atoms with Gasteiger partial charge >= 0.3 is 0 Å². The monoisotopic (exact) mass is 280 g/mol. The Balaban J connectivity index is 2.11. The van der Waals surface area contributed by atoms with Crippen LogP contribution in [0.3, 0.4) is 0 Å². The number of hydrogen-bond acceptors (Lipinski definition) is 3. The van der Waals surface area contributed by atoms with Gasteiger partial charge in [0.25, 0.3) is 5.56 Å². The third kappa shape index (κ3) is 1.74. The van der Waals surface area contributed by atoms with Gasteiger partial charge in [-0.1, -0.05) is 24.3 Å². The van der Waals surface area contributed by atoms with E-state index in [-0.39, 0.29) is 22.5 Å². The third-order valence-electron chi connectivity index (χ3n) is 3.37. The van der Waals surface area contributed by atoms with E-state index in [0.29, 0.717) is 11.1 Å². The van der Waals surface area contributed by atoms with E-state index < -0.39 is 5.82 Å². The quantitative estimate of drug-likeness (QED) is 0.580. The topological polar surface area (TPSA) is 58.9 Å². The smallest absolute Gasteiger partial charge is 0.278 e. The van der Waals surface area contributed by atoms with Crippen molar-refractivity contribution in [2.75, 3.05) is 0 Å². The molecular weight excluding hydrogens is 271 g/mol. The summed E-state index contributed by atoms with van der Waals surface area (Å²) >= 11 is 0. The van der Waals surface area contributed by atoms with Crippen molar-refractivity contribution in [1.29, 1.82) is 0 Å². The Hall–Kier alpha value is -2.95. The summed E-state index contributed by atoms with van der Waals surface area (Å²) in [5.74, 6) is -0.338. The van der Waals surface area contributed by atoms with Gasteiger partial charge in [0.2, 0.25) is 5.89 Å². The predicted molar refractivity (Wildman–Crippen MR) is 77.5 cm³/mol. The van der Waals surface area contributed by atoms with Crippen LogP contribution in [0.1, 0.15) is 0 Å². The molecular formula is C16H9FN2O2. The number of para-hydroxylation sites is 1. The Morgan fingerprint density at radius 2 is 1.81 bits per heavy atom. The van der Waals surface area contributed by atoms with Crippen molar-refractivity contribution >= 4 is 22.0 Å². The lowest BCUT2D eigenvalue weighted by Crippen LogP contribution is -2.05. The van der Waals surface area contributed by atoms with Crippen LogP contribution in [0.25, 0.3) is 33.5 Å². The van der Waals surface area contributed by atoms with Gasteiger partial charge in [0.1, 0.15) is 5.82 Å². The van der Waals surface area contributed by atoms with Gasteiger partial charge in [0.15, 0.2) is 11.1 Å². The van der Waals surface area contributed by atoms with Crippen LogP contribution in [0.15, 0.2) is 57.7 Å². The summed E-state index contributed by atoms with van der Waals surface area (Å²) in [6.07, 6.45) is 0. The Labute approximate surface area is 117 Å². The summed E-state index contributed by atoms with van der Waals surface area (Å²) in [6.45, 7) is 0. The number of nitrogens with zero attached hydrogens (tertiary/aromatic N) is 1. The molecule has 4 nitrogen and oxygen atoms in total. The molecule has 0 bridgehead atoms. The number of pyridine rings is 1. The largest absolute Gasteiger partial charge is 0.435 e. The van der Waals surface area contributed by atoms with E-state index in [1.165, 1.54) is 6.07 Å². The molecule has 0 saturated heterocycles. The second kappa shape index (κ2) is 4.28. The first-order valence-corrected chi connectivity index (χ1v) is 6.40. The molecule has 5 heteroatoms. The Kier molecular flexibility index (Phi) is 2.41. The van der Waals surface area contributed by atoms with E-state index in [1.54, 1.807) is 24.3 Å². The third-order valence-corrected chi connectivity index (χ3v) is 3.37. The molecule has 0 amide bonds. The molecule has 4 rings (SSSR count). The molecule has 0 aliphatic heterocycles. The number of hydrogen-bond donors (Lipinski definition) is 1. The van der Waals surface area contributed by atoms with Crippen molar-refractivity contribution in [3.63, 3.8) is 0 Å². The van der Waals surface area contributed by atoms with Crippen LogP contribution in [0.4, 0.5) is 4.39 Å². The summed E-state index contributed by atoms with van der Waals surface area (Å²) in [4.78, 5) is 18.9. The highest BCUT2D eigenvalue weighted by molar-refractivity contribution is 6.00. The average Bonchev–Trinajstić information content (AvgIpc) is 2.94. The van der Waals surface area contributed by atoms with Crippen molar-refractivity contribution in [2.24, 2.45) is 0 Å². The molecule has 2 heterocycles. The molecule has 0 atom stereocenters. The second-order valence-electron chi connectivity index (χ2n) is 4.68. The maximum absolute atomic E-state index is 13.8. The normalized spacial score (nSPS) is 11.3. The Morgan fingerprint density at radius 1 is 1.05 bits per heavy atom. The van der Waals surface area contributed by atoms with Crippen LogP contribution in [0.2, 0.25) is 0 Å². The molecule has 21 heavy (non-hydrogen) atoms. The van der Waals surface area contributed by atoms with Gasteiger partial charge in [-0.3, -0.25) is 4.79 Å². The summed E-state index contributed by atoms with van der Waals surface area (Å²) in [5, 5.41) is 0.738. The standard InChI is InChI=1S/C16H9FN2O2/c17-11-7-3-1-5-9(11)16-19-13-14(21-16)10-6-2-4-8-12(10)18-15(13)20/h1-8H,(H,18,20). The highest BCUT2D eigenvalue weighted by atomic mass is 19.1. The highest BCUT2D eigenvalue weighted by Crippen LogP contribution is 2.28. The van der Waals surface area contributed by atoms with Gasteiger partial charge < -0.3 is 9.40 Å². The fraction of sp³-hybridized carbons (Fsp3) is 0. The molecule has 0 radical (unpaired) electrons. The van der Waals surface area contributed by atoms with Crippen LogP contribution in [0.5, 0.6) is 0 Å². The summed E-state index contributed by atoms with van der Waals surface area (Å²) in [5.41, 5.74) is 1.08. The van der Waals surface area contributed by atoms with E-state index in [2.05, 4.69) is 9.97 Å². The minimum absolute atomic E-state index is 0.102. The van der Waals surface area contributed by atoms with Crippen molar-refractivity contribution in [3.05, 3.63) is 64.7 Å². The molecule has 0 fully saturated rings. The maximum atomic E-state index is 13.8. The summed E-state index contributed by atoms with van der Waals surface area (Å²) in [7, 11) is 0. The van der Waals surface area contributed by atoms with Crippen molar-refractivity contribution < 1.29 is 8.81 Å². The molecule has 0 aliphatic rings. The zero-order valence-electron chi connectivity index (χ0n) is 10.8. The number of H-pyrrole nitrogens is 1. The SMILES string of the molecule is O=c1[nH]c2ccccc2c2oc(-c3ccccc3F)nc12. The number of aromatic amines is 1. The van der Waals surface area contributed by atoms with E-state index >= 15 is 0 Å². The molecule has 0 unspecified atom stereocenters. The van der Waals surface area contributed by atoms with Crippen LogP contribution in [-0.4, -0.2) is 9.97 Å². The van der Waals surface area contributed by atoms with Crippen molar-refractivity contribution in [2.45, 2.75) is 0 Å². The number of fused-ring (bicyclic) bond motifs is 3. The molecule has 0 aliphatic carbocycles. The fourth-order valence-corrected chi connectivity index (χ4v) is 2.38. The minimum atomic E-state index is -0.440. The van der Waals surface area contributed by atoms with Crippen LogP contribution < -0.4 is 5.56 Å². The van der Waals surface area contributed by atoms with Gasteiger partial charge in [-0.15, -0.1) is 0 Å². The number of nitrogens with one attached hydrogen (secondary N) is 1. The van der Waals surface area contributed by atoms with E-state index in [9.17, 15) is 9.18 Å². The minimum Gasteiger partial charge on any atom is -0.435 e. The van der Waals surface area contributed by atoms with Gasteiger partial charge in [-0.25, -0.2) is 9.37 Å². The molecule has 4 aromatic rings. The number of halogens is 1. The first-order valence-electron chi connectivity index (χ1n) is 6.40. The zero-order chi connectivity index (χ0) is 14.4. The lowest BCUT2D eigenvalue weighted by Gasteiger charge is -1.97. The molecule has 2 aromatic carbocycles. The van der Waals surface area contributed by atoms with Crippen LogP contribution in [0, 0.1) is 5.82 Å². The van der Waals surface area contributed by atoms with E-state index in [4.69, 9.17) is 4.42 Å². The number of aromatic nitrogens is 2. The number of rotatable bonds is 1. The molecule has 1 N–H and O–H groups in total. The zero-order valence-corrected chi connectivity index (χ0v) is 10.8. The van der Waals surface area contributed by atoms with Gasteiger partial charge in [-0.2, -0.15) is 0 Å². The number of benzene rings is 2. The van der Waals surface area contributed by atoms with Gasteiger partial charge in [0, 0.05) is 5.39 Å². The van der Waals surface area contributed by atoms with Gasteiger partial charge in [0.05, 0.1) is 11.1 Å². The molecule has 2 aromatic heterocycles. The summed E-state index contributed by atoms with van der Waals surface area (Å²) in [6, 6.07) is 13.4. The maximum Gasteiger partial charge on any atom is 0.278 e. The van der Waals surface area contributed by atoms with Gasteiger partial charge in [-0.05, 0) is 24.3 Å². The van der Waals surface area contributed by atoms with Crippen molar-refractivity contribution in [3.8, 4) is 11.5 Å². The fourth-order valence-electron chi connectivity index (χ4n) is 2.38. The molecule has 0 spiro atoms. The van der Waals surface area contributed by atoms with E-state index in [0.717, 1.165) is 5.39 Å². The first-order chi connectivity index (χ1) is 10.2. The average molecular weight is 280 g/mol. The molecule has 0 saturated carbocycles.